The second-order valence-corrected chi connectivity index (χ2v) is 7.19. The first-order valence-electron chi connectivity index (χ1n) is 9.10. The van der Waals surface area contributed by atoms with Gasteiger partial charge in [0.2, 0.25) is 5.95 Å². The molecule has 2 fully saturated rings. The number of piperazine rings is 1. The quantitative estimate of drug-likeness (QED) is 0.920. The molecule has 1 saturated carbocycles. The number of aromatic amines is 1. The molecule has 1 aliphatic heterocycles. The van der Waals surface area contributed by atoms with E-state index in [9.17, 15) is 4.79 Å². The van der Waals surface area contributed by atoms with Crippen molar-refractivity contribution in [3.05, 3.63) is 16.6 Å². The van der Waals surface area contributed by atoms with Gasteiger partial charge in [-0.15, -0.1) is 0 Å². The third kappa shape index (κ3) is 3.05. The summed E-state index contributed by atoms with van der Waals surface area (Å²) < 4.78 is 1.66. The Morgan fingerprint density at radius 1 is 1.17 bits per heavy atom. The molecule has 7 nitrogen and oxygen atoms in total. The highest BCUT2D eigenvalue weighted by Gasteiger charge is 2.23. The van der Waals surface area contributed by atoms with Crippen LogP contribution in [0.4, 0.5) is 5.95 Å². The smallest absolute Gasteiger partial charge is 0.263 e. The molecule has 2 aromatic heterocycles. The maximum absolute atomic E-state index is 12.2. The first-order valence-corrected chi connectivity index (χ1v) is 9.10. The lowest BCUT2D eigenvalue weighted by Gasteiger charge is -2.37. The van der Waals surface area contributed by atoms with Crippen LogP contribution in [0.3, 0.4) is 0 Å². The summed E-state index contributed by atoms with van der Waals surface area (Å²) in [7, 11) is 1.82. The van der Waals surface area contributed by atoms with Crippen molar-refractivity contribution in [1.82, 2.24) is 24.6 Å². The van der Waals surface area contributed by atoms with Crippen molar-refractivity contribution >= 4 is 17.0 Å². The minimum atomic E-state index is -0.104. The maximum atomic E-state index is 12.2. The van der Waals surface area contributed by atoms with Gasteiger partial charge in [-0.05, 0) is 18.8 Å². The second-order valence-electron chi connectivity index (χ2n) is 7.19. The van der Waals surface area contributed by atoms with Crippen LogP contribution in [0.2, 0.25) is 0 Å². The van der Waals surface area contributed by atoms with Crippen LogP contribution in [0.15, 0.2) is 11.0 Å². The van der Waals surface area contributed by atoms with Gasteiger partial charge in [0.1, 0.15) is 5.39 Å². The molecule has 130 valence electrons. The molecule has 24 heavy (non-hydrogen) atoms. The molecule has 2 aromatic rings. The third-order valence-electron chi connectivity index (χ3n) is 5.50. The molecule has 0 atom stereocenters. The van der Waals surface area contributed by atoms with Crippen molar-refractivity contribution in [2.75, 3.05) is 37.6 Å². The van der Waals surface area contributed by atoms with Gasteiger partial charge in [-0.3, -0.25) is 19.4 Å². The summed E-state index contributed by atoms with van der Waals surface area (Å²) in [5.74, 6) is 1.56. The number of anilines is 1. The fraction of sp³-hybridized carbons (Fsp3) is 0.706. The van der Waals surface area contributed by atoms with Gasteiger partial charge in [0.05, 0.1) is 6.20 Å². The van der Waals surface area contributed by atoms with Crippen LogP contribution < -0.4 is 10.5 Å². The van der Waals surface area contributed by atoms with Gasteiger partial charge >= 0.3 is 0 Å². The highest BCUT2D eigenvalue weighted by atomic mass is 16.1. The summed E-state index contributed by atoms with van der Waals surface area (Å²) in [6.45, 7) is 5.16. The highest BCUT2D eigenvalue weighted by Crippen LogP contribution is 2.25. The van der Waals surface area contributed by atoms with Crippen molar-refractivity contribution in [3.8, 4) is 0 Å². The summed E-state index contributed by atoms with van der Waals surface area (Å²) in [6, 6.07) is 0. The standard InChI is InChI=1S/C17H26N6O/c1-21-15-14(11-18-21)16(24)20-17(19-15)23-9-7-22(8-10-23)12-13-5-3-2-4-6-13/h11,13H,2-10,12H2,1H3,(H,19,20,24). The topological polar surface area (TPSA) is 70.1 Å². The molecule has 1 aliphatic carbocycles. The number of nitrogens with one attached hydrogen (secondary N) is 1. The fourth-order valence-corrected chi connectivity index (χ4v) is 4.05. The maximum Gasteiger partial charge on any atom is 0.263 e. The molecule has 0 radical (unpaired) electrons. The minimum Gasteiger partial charge on any atom is -0.340 e. The van der Waals surface area contributed by atoms with E-state index in [1.54, 1.807) is 10.9 Å². The Hall–Kier alpha value is -1.89. The summed E-state index contributed by atoms with van der Waals surface area (Å²) >= 11 is 0. The fourth-order valence-electron chi connectivity index (χ4n) is 4.05. The Morgan fingerprint density at radius 2 is 1.92 bits per heavy atom. The third-order valence-corrected chi connectivity index (χ3v) is 5.50. The van der Waals surface area contributed by atoms with Crippen LogP contribution in [0.5, 0.6) is 0 Å². The SMILES string of the molecule is Cn1ncc2c(=O)[nH]c(N3CCN(CC4CCCCC4)CC3)nc21. The molecule has 0 bridgehead atoms. The van der Waals surface area contributed by atoms with E-state index in [-0.39, 0.29) is 5.56 Å². The molecular weight excluding hydrogens is 304 g/mol. The zero-order valence-corrected chi connectivity index (χ0v) is 14.4. The normalized spacial score (nSPS) is 20.8. The Morgan fingerprint density at radius 3 is 2.67 bits per heavy atom. The van der Waals surface area contributed by atoms with Crippen molar-refractivity contribution in [2.24, 2.45) is 13.0 Å². The van der Waals surface area contributed by atoms with E-state index < -0.39 is 0 Å². The number of nitrogens with zero attached hydrogens (tertiary/aromatic N) is 5. The van der Waals surface area contributed by atoms with Crippen LogP contribution >= 0.6 is 0 Å². The number of hydrogen-bond donors (Lipinski definition) is 1. The lowest BCUT2D eigenvalue weighted by atomic mass is 9.89. The molecule has 0 unspecified atom stereocenters. The van der Waals surface area contributed by atoms with E-state index in [0.29, 0.717) is 17.0 Å². The molecule has 0 spiro atoms. The molecular formula is C17H26N6O. The Labute approximate surface area is 141 Å². The lowest BCUT2D eigenvalue weighted by molar-refractivity contribution is 0.191. The van der Waals surface area contributed by atoms with Crippen LogP contribution in [-0.2, 0) is 7.05 Å². The van der Waals surface area contributed by atoms with Gasteiger partial charge in [0.15, 0.2) is 5.65 Å². The average Bonchev–Trinajstić information content (AvgIpc) is 2.98. The van der Waals surface area contributed by atoms with Crippen LogP contribution in [0, 0.1) is 5.92 Å². The number of aryl methyl sites for hydroxylation is 1. The van der Waals surface area contributed by atoms with E-state index in [1.807, 2.05) is 7.05 Å². The predicted octanol–water partition coefficient (Wildman–Crippen LogP) is 1.36. The van der Waals surface area contributed by atoms with Crippen LogP contribution in [-0.4, -0.2) is 57.4 Å². The van der Waals surface area contributed by atoms with Crippen LogP contribution in [0.25, 0.3) is 11.0 Å². The monoisotopic (exact) mass is 330 g/mol. The van der Waals surface area contributed by atoms with Crippen molar-refractivity contribution < 1.29 is 0 Å². The molecule has 3 heterocycles. The van der Waals surface area contributed by atoms with Gasteiger partial charge in [0, 0.05) is 39.8 Å². The average molecular weight is 330 g/mol. The van der Waals surface area contributed by atoms with Crippen molar-refractivity contribution in [1.29, 1.82) is 0 Å². The molecule has 2 aliphatic rings. The Kier molecular flexibility index (Phi) is 4.26. The summed E-state index contributed by atoms with van der Waals surface area (Å²) in [6.07, 6.45) is 8.59. The summed E-state index contributed by atoms with van der Waals surface area (Å²) in [4.78, 5) is 24.5. The number of H-pyrrole nitrogens is 1. The van der Waals surface area contributed by atoms with E-state index in [0.717, 1.165) is 32.1 Å². The second kappa shape index (κ2) is 6.55. The largest absolute Gasteiger partial charge is 0.340 e. The van der Waals surface area contributed by atoms with Crippen LogP contribution in [0.1, 0.15) is 32.1 Å². The number of rotatable bonds is 3. The molecule has 0 amide bonds. The van der Waals surface area contributed by atoms with Gasteiger partial charge in [-0.2, -0.15) is 10.1 Å². The van der Waals surface area contributed by atoms with Crippen molar-refractivity contribution in [2.45, 2.75) is 32.1 Å². The lowest BCUT2D eigenvalue weighted by Crippen LogP contribution is -2.48. The molecule has 1 saturated heterocycles. The van der Waals surface area contributed by atoms with Crippen molar-refractivity contribution in [3.63, 3.8) is 0 Å². The Balaban J connectivity index is 1.42. The number of fused-ring (bicyclic) bond motifs is 1. The van der Waals surface area contributed by atoms with Gasteiger partial charge < -0.3 is 4.90 Å². The van der Waals surface area contributed by atoms with E-state index in [2.05, 4.69) is 24.9 Å². The predicted molar refractivity (Wildman–Crippen MR) is 94.4 cm³/mol. The highest BCUT2D eigenvalue weighted by molar-refractivity contribution is 5.74. The van der Waals surface area contributed by atoms with Gasteiger partial charge in [-0.25, -0.2) is 0 Å². The molecule has 7 heteroatoms. The van der Waals surface area contributed by atoms with E-state index in [4.69, 9.17) is 0 Å². The first-order chi connectivity index (χ1) is 11.7. The number of aromatic nitrogens is 4. The summed E-state index contributed by atoms with van der Waals surface area (Å²) in [5.41, 5.74) is 0.547. The number of hydrogen-bond acceptors (Lipinski definition) is 5. The molecule has 0 aromatic carbocycles. The molecule has 1 N–H and O–H groups in total. The minimum absolute atomic E-state index is 0.104. The Bertz CT molecular complexity index is 752. The van der Waals surface area contributed by atoms with Gasteiger partial charge in [0.25, 0.3) is 5.56 Å². The van der Waals surface area contributed by atoms with E-state index in [1.165, 1.54) is 38.6 Å². The zero-order valence-electron chi connectivity index (χ0n) is 14.4. The first kappa shape index (κ1) is 15.6. The summed E-state index contributed by atoms with van der Waals surface area (Å²) in [5, 5.41) is 4.68. The molecule has 4 rings (SSSR count). The van der Waals surface area contributed by atoms with E-state index >= 15 is 0 Å². The van der Waals surface area contributed by atoms with Gasteiger partial charge in [-0.1, -0.05) is 19.3 Å². The zero-order chi connectivity index (χ0) is 16.5.